The van der Waals surface area contributed by atoms with Crippen molar-refractivity contribution in [3.8, 4) is 18.2 Å². The molecule has 136 valence electrons. The van der Waals surface area contributed by atoms with E-state index in [1.165, 1.54) is 18.2 Å². The smallest absolute Gasteiger partial charge is 0.217 e. The molecular weight excluding hydrogens is 347 g/mol. The molecule has 27 heavy (non-hydrogen) atoms. The fourth-order valence-electron chi connectivity index (χ4n) is 5.00. The lowest BCUT2D eigenvalue weighted by Gasteiger charge is -2.52. The van der Waals surface area contributed by atoms with Crippen LogP contribution in [0.25, 0.3) is 0 Å². The van der Waals surface area contributed by atoms with Crippen molar-refractivity contribution < 1.29 is 13.9 Å². The molecule has 6 nitrogen and oxygen atoms in total. The molecule has 2 bridgehead atoms. The molecule has 0 amide bonds. The molecule has 1 N–H and O–H groups in total. The monoisotopic (exact) mass is 364 g/mol. The first-order valence-corrected chi connectivity index (χ1v) is 8.85. The maximum Gasteiger partial charge on any atom is 0.217 e. The lowest BCUT2D eigenvalue weighted by atomic mass is 9.50. The topological polar surface area (TPSA) is 114 Å². The van der Waals surface area contributed by atoms with Crippen molar-refractivity contribution in [2.24, 2.45) is 22.7 Å². The predicted molar refractivity (Wildman–Crippen MR) is 90.0 cm³/mol. The van der Waals surface area contributed by atoms with Crippen LogP contribution >= 0.6 is 0 Å². The number of hydrogen-bond donors (Lipinski definition) is 1. The normalized spacial score (nSPS) is 38.6. The third-order valence-corrected chi connectivity index (χ3v) is 6.36. The van der Waals surface area contributed by atoms with Crippen LogP contribution in [0.3, 0.4) is 0 Å². The highest BCUT2D eigenvalue weighted by Gasteiger charge is 2.80. The Morgan fingerprint density at radius 1 is 1.19 bits per heavy atom. The Balaban J connectivity index is 2.02. The second-order valence-electron chi connectivity index (χ2n) is 7.65. The Morgan fingerprint density at radius 3 is 2.52 bits per heavy atom. The van der Waals surface area contributed by atoms with E-state index in [9.17, 15) is 20.2 Å². The van der Waals surface area contributed by atoms with Gasteiger partial charge in [0, 0.05) is 12.0 Å². The Labute approximate surface area is 156 Å². The molecule has 1 aromatic rings. The summed E-state index contributed by atoms with van der Waals surface area (Å²) >= 11 is 0. The van der Waals surface area contributed by atoms with E-state index < -0.39 is 40.4 Å². The zero-order chi connectivity index (χ0) is 19.4. The van der Waals surface area contributed by atoms with Gasteiger partial charge >= 0.3 is 0 Å². The summed E-state index contributed by atoms with van der Waals surface area (Å²) in [6.07, 6.45) is 0.329. The largest absolute Gasteiger partial charge is 0.447 e. The molecule has 1 saturated carbocycles. The molecule has 1 aliphatic carbocycles. The second kappa shape index (κ2) is 5.52. The van der Waals surface area contributed by atoms with Gasteiger partial charge in [-0.15, -0.1) is 0 Å². The van der Waals surface area contributed by atoms with Gasteiger partial charge < -0.3 is 9.47 Å². The van der Waals surface area contributed by atoms with E-state index in [2.05, 4.69) is 6.07 Å². The van der Waals surface area contributed by atoms with Crippen molar-refractivity contribution >= 4 is 5.90 Å². The minimum atomic E-state index is -2.09. The van der Waals surface area contributed by atoms with E-state index in [1.54, 1.807) is 6.07 Å². The molecule has 2 aliphatic heterocycles. The highest BCUT2D eigenvalue weighted by Crippen LogP contribution is 2.70. The van der Waals surface area contributed by atoms with Crippen LogP contribution in [0.5, 0.6) is 0 Å². The zero-order valence-corrected chi connectivity index (χ0v) is 14.7. The molecule has 5 unspecified atom stereocenters. The van der Waals surface area contributed by atoms with Crippen LogP contribution in [0.1, 0.15) is 37.9 Å². The number of rotatable bonds is 1. The SMILES string of the molecule is CC1CCC23OC(=N)C(C#N)(C2C1)C(C#N)(C#N)C(c1ccccc1F)O3. The fraction of sp³-hybridized carbons (Fsp3) is 0.500. The Hall–Kier alpha value is -2.95. The molecule has 0 radical (unpaired) electrons. The summed E-state index contributed by atoms with van der Waals surface area (Å²) in [7, 11) is 0. The van der Waals surface area contributed by atoms with Crippen molar-refractivity contribution in [3.63, 3.8) is 0 Å². The number of hydrogen-bond acceptors (Lipinski definition) is 6. The van der Waals surface area contributed by atoms with Crippen molar-refractivity contribution in [3.05, 3.63) is 35.6 Å². The summed E-state index contributed by atoms with van der Waals surface area (Å²) in [6.45, 7) is 2.02. The number of halogens is 1. The van der Waals surface area contributed by atoms with Crippen LogP contribution < -0.4 is 0 Å². The van der Waals surface area contributed by atoms with E-state index in [4.69, 9.17) is 14.9 Å². The van der Waals surface area contributed by atoms with Crippen molar-refractivity contribution in [1.82, 2.24) is 0 Å². The quantitative estimate of drug-likeness (QED) is 0.818. The lowest BCUT2D eigenvalue weighted by Crippen LogP contribution is -2.61. The number of nitrogens with zero attached hydrogens (tertiary/aromatic N) is 3. The maximum atomic E-state index is 14.6. The predicted octanol–water partition coefficient (Wildman–Crippen LogP) is 3.58. The molecule has 2 saturated heterocycles. The van der Waals surface area contributed by atoms with Crippen LogP contribution in [0.2, 0.25) is 0 Å². The van der Waals surface area contributed by atoms with Gasteiger partial charge in [-0.2, -0.15) is 15.8 Å². The molecule has 0 aromatic heterocycles. The minimum absolute atomic E-state index is 0.0231. The first-order chi connectivity index (χ1) is 12.9. The van der Waals surface area contributed by atoms with Crippen LogP contribution in [0.4, 0.5) is 4.39 Å². The van der Waals surface area contributed by atoms with Gasteiger partial charge in [-0.25, -0.2) is 4.39 Å². The van der Waals surface area contributed by atoms with Crippen molar-refractivity contribution in [2.45, 2.75) is 38.1 Å². The lowest BCUT2D eigenvalue weighted by molar-refractivity contribution is -0.298. The molecule has 7 heteroatoms. The average Bonchev–Trinajstić information content (AvgIpc) is 2.86. The first kappa shape index (κ1) is 17.5. The van der Waals surface area contributed by atoms with E-state index in [1.807, 2.05) is 19.1 Å². The highest BCUT2D eigenvalue weighted by molar-refractivity contribution is 5.89. The third-order valence-electron chi connectivity index (χ3n) is 6.36. The number of nitriles is 3. The summed E-state index contributed by atoms with van der Waals surface area (Å²) < 4.78 is 26.6. The highest BCUT2D eigenvalue weighted by atomic mass is 19.1. The standard InChI is InChI=1S/C20H17FN4O2/c1-12-6-7-20-15(8-12)19(11-24,17(25)27-20)18(9-22,10-23)16(26-20)13-4-2-3-5-14(13)21/h2-5,12,15-16,25H,6-8H2,1H3. The summed E-state index contributed by atoms with van der Waals surface area (Å²) in [5, 5.41) is 38.7. The van der Waals surface area contributed by atoms with E-state index in [0.29, 0.717) is 12.8 Å². The Morgan fingerprint density at radius 2 is 1.89 bits per heavy atom. The molecule has 3 aliphatic rings. The first-order valence-electron chi connectivity index (χ1n) is 8.85. The number of nitrogens with one attached hydrogen (secondary N) is 1. The second-order valence-corrected chi connectivity index (χ2v) is 7.65. The molecule has 0 spiro atoms. The summed E-state index contributed by atoms with van der Waals surface area (Å²) in [6, 6.07) is 11.7. The molecule has 2 heterocycles. The number of benzene rings is 1. The minimum Gasteiger partial charge on any atom is -0.447 e. The maximum absolute atomic E-state index is 14.6. The van der Waals surface area contributed by atoms with Crippen LogP contribution in [0, 0.1) is 67.9 Å². The van der Waals surface area contributed by atoms with Gasteiger partial charge in [-0.3, -0.25) is 5.41 Å². The van der Waals surface area contributed by atoms with Gasteiger partial charge in [0.15, 0.2) is 5.41 Å². The van der Waals surface area contributed by atoms with Crippen molar-refractivity contribution in [1.29, 1.82) is 21.2 Å². The average molecular weight is 364 g/mol. The van der Waals surface area contributed by atoms with Gasteiger partial charge in [0.1, 0.15) is 11.9 Å². The Kier molecular flexibility index (Phi) is 3.57. The molecule has 5 atom stereocenters. The molecule has 4 rings (SSSR count). The third kappa shape index (κ3) is 1.86. The van der Waals surface area contributed by atoms with E-state index in [-0.39, 0.29) is 11.5 Å². The molecule has 3 fully saturated rings. The zero-order valence-electron chi connectivity index (χ0n) is 14.7. The van der Waals surface area contributed by atoms with Crippen LogP contribution in [0.15, 0.2) is 24.3 Å². The van der Waals surface area contributed by atoms with Gasteiger partial charge in [0.05, 0.1) is 24.1 Å². The van der Waals surface area contributed by atoms with Crippen LogP contribution in [-0.2, 0) is 9.47 Å². The Bertz CT molecular complexity index is 944. The van der Waals surface area contributed by atoms with Crippen LogP contribution in [-0.4, -0.2) is 11.7 Å². The summed E-state index contributed by atoms with van der Waals surface area (Å²) in [5.74, 6) is -2.74. The van der Waals surface area contributed by atoms with Crippen molar-refractivity contribution in [2.75, 3.05) is 0 Å². The fourth-order valence-corrected chi connectivity index (χ4v) is 5.00. The van der Waals surface area contributed by atoms with E-state index in [0.717, 1.165) is 6.42 Å². The molecular formula is C20H17FN4O2. The molecule has 1 aromatic carbocycles. The van der Waals surface area contributed by atoms with E-state index >= 15 is 0 Å². The summed E-state index contributed by atoms with van der Waals surface area (Å²) in [4.78, 5) is 0. The van der Waals surface area contributed by atoms with Gasteiger partial charge in [0.2, 0.25) is 17.1 Å². The number of ether oxygens (including phenoxy) is 2. The van der Waals surface area contributed by atoms with Gasteiger partial charge in [-0.1, -0.05) is 25.1 Å². The summed E-state index contributed by atoms with van der Waals surface area (Å²) in [5.41, 5.74) is -3.88. The van der Waals surface area contributed by atoms with Gasteiger partial charge in [-0.05, 0) is 24.8 Å². The van der Waals surface area contributed by atoms with Gasteiger partial charge in [0.25, 0.3) is 0 Å².